The standard InChI is InChI=1S/C12H20N2O3S2/c13-10-8-12(18-9-10)19(15,16)14-6-7-17-11-4-2-1-3-5-11/h8-9,11,14H,1-7,13H2. The van der Waals surface area contributed by atoms with Gasteiger partial charge in [-0.2, -0.15) is 0 Å². The Balaban J connectivity index is 1.72. The van der Waals surface area contributed by atoms with E-state index in [1.54, 1.807) is 5.38 Å². The highest BCUT2D eigenvalue weighted by Gasteiger charge is 2.17. The van der Waals surface area contributed by atoms with Crippen LogP contribution in [0.2, 0.25) is 0 Å². The van der Waals surface area contributed by atoms with Gasteiger partial charge in [0.15, 0.2) is 0 Å². The van der Waals surface area contributed by atoms with Crippen LogP contribution in [0, 0.1) is 0 Å². The molecule has 0 bridgehead atoms. The number of ether oxygens (including phenoxy) is 1. The lowest BCUT2D eigenvalue weighted by atomic mass is 9.98. The zero-order chi connectivity index (χ0) is 13.7. The Labute approximate surface area is 118 Å². The Morgan fingerprint density at radius 1 is 1.37 bits per heavy atom. The molecule has 1 aliphatic carbocycles. The van der Waals surface area contributed by atoms with Crippen molar-refractivity contribution in [1.82, 2.24) is 4.72 Å². The van der Waals surface area contributed by atoms with Gasteiger partial charge in [0.05, 0.1) is 12.7 Å². The molecule has 19 heavy (non-hydrogen) atoms. The van der Waals surface area contributed by atoms with Crippen molar-refractivity contribution in [1.29, 1.82) is 0 Å². The number of nitrogens with two attached hydrogens (primary N) is 1. The van der Waals surface area contributed by atoms with Gasteiger partial charge in [-0.3, -0.25) is 0 Å². The van der Waals surface area contributed by atoms with Gasteiger partial charge in [0.25, 0.3) is 0 Å². The zero-order valence-corrected chi connectivity index (χ0v) is 12.4. The van der Waals surface area contributed by atoms with Crippen LogP contribution in [0.15, 0.2) is 15.7 Å². The molecule has 7 heteroatoms. The largest absolute Gasteiger partial charge is 0.398 e. The predicted octanol–water partition coefficient (Wildman–Crippen LogP) is 1.96. The topological polar surface area (TPSA) is 81.4 Å². The summed E-state index contributed by atoms with van der Waals surface area (Å²) in [6.07, 6.45) is 6.19. The molecular weight excluding hydrogens is 284 g/mol. The van der Waals surface area contributed by atoms with E-state index < -0.39 is 10.0 Å². The molecular formula is C12H20N2O3S2. The van der Waals surface area contributed by atoms with E-state index in [1.165, 1.54) is 25.3 Å². The van der Waals surface area contributed by atoms with E-state index in [0.29, 0.717) is 24.9 Å². The predicted molar refractivity (Wildman–Crippen MR) is 76.7 cm³/mol. The molecule has 1 saturated carbocycles. The molecule has 0 aliphatic heterocycles. The van der Waals surface area contributed by atoms with Crippen molar-refractivity contribution in [2.75, 3.05) is 18.9 Å². The number of anilines is 1. The van der Waals surface area contributed by atoms with Gasteiger partial charge in [0, 0.05) is 17.6 Å². The monoisotopic (exact) mass is 304 g/mol. The van der Waals surface area contributed by atoms with E-state index >= 15 is 0 Å². The molecule has 0 spiro atoms. The van der Waals surface area contributed by atoms with Crippen molar-refractivity contribution in [2.45, 2.75) is 42.4 Å². The normalized spacial score (nSPS) is 17.7. The van der Waals surface area contributed by atoms with E-state index in [1.807, 2.05) is 0 Å². The lowest BCUT2D eigenvalue weighted by Gasteiger charge is -2.21. The van der Waals surface area contributed by atoms with Crippen LogP contribution in [0.3, 0.4) is 0 Å². The minimum Gasteiger partial charge on any atom is -0.398 e. The fourth-order valence-corrected chi connectivity index (χ4v) is 4.31. The van der Waals surface area contributed by atoms with Crippen molar-refractivity contribution in [3.8, 4) is 0 Å². The molecule has 0 radical (unpaired) electrons. The van der Waals surface area contributed by atoms with Gasteiger partial charge in [0.1, 0.15) is 4.21 Å². The molecule has 5 nitrogen and oxygen atoms in total. The first-order chi connectivity index (χ1) is 9.08. The van der Waals surface area contributed by atoms with Crippen LogP contribution in [0.25, 0.3) is 0 Å². The number of nitrogen functional groups attached to an aromatic ring is 1. The molecule has 3 N–H and O–H groups in total. The maximum absolute atomic E-state index is 11.9. The number of hydrogen-bond acceptors (Lipinski definition) is 5. The van der Waals surface area contributed by atoms with Gasteiger partial charge in [-0.15, -0.1) is 11.3 Å². The second-order valence-corrected chi connectivity index (χ2v) is 7.63. The number of thiophene rings is 1. The molecule has 108 valence electrons. The summed E-state index contributed by atoms with van der Waals surface area (Å²) in [6.45, 7) is 0.724. The van der Waals surface area contributed by atoms with Crippen molar-refractivity contribution >= 4 is 27.0 Å². The SMILES string of the molecule is Nc1csc(S(=O)(=O)NCCOC2CCCCC2)c1. The van der Waals surface area contributed by atoms with Crippen LogP contribution < -0.4 is 10.5 Å². The Morgan fingerprint density at radius 2 is 2.11 bits per heavy atom. The molecule has 1 heterocycles. The lowest BCUT2D eigenvalue weighted by Crippen LogP contribution is -2.29. The van der Waals surface area contributed by atoms with Gasteiger partial charge in [0.2, 0.25) is 10.0 Å². The van der Waals surface area contributed by atoms with E-state index in [9.17, 15) is 8.42 Å². The minimum absolute atomic E-state index is 0.252. The van der Waals surface area contributed by atoms with Crippen LogP contribution in [-0.2, 0) is 14.8 Å². The molecule has 1 fully saturated rings. The molecule has 1 aromatic rings. The summed E-state index contributed by atoms with van der Waals surface area (Å²) >= 11 is 1.13. The summed E-state index contributed by atoms with van der Waals surface area (Å²) in [4.78, 5) is 0. The fourth-order valence-electron chi connectivity index (χ4n) is 2.18. The molecule has 0 atom stereocenters. The van der Waals surface area contributed by atoms with Crippen molar-refractivity contribution in [3.05, 3.63) is 11.4 Å². The van der Waals surface area contributed by atoms with Gasteiger partial charge in [-0.25, -0.2) is 13.1 Å². The van der Waals surface area contributed by atoms with E-state index in [4.69, 9.17) is 10.5 Å². The van der Waals surface area contributed by atoms with E-state index in [0.717, 1.165) is 24.2 Å². The fraction of sp³-hybridized carbons (Fsp3) is 0.667. The lowest BCUT2D eigenvalue weighted by molar-refractivity contribution is 0.0321. The van der Waals surface area contributed by atoms with Crippen molar-refractivity contribution < 1.29 is 13.2 Å². The second kappa shape index (κ2) is 6.69. The van der Waals surface area contributed by atoms with Gasteiger partial charge < -0.3 is 10.5 Å². The van der Waals surface area contributed by atoms with Crippen LogP contribution >= 0.6 is 11.3 Å². The molecule has 0 unspecified atom stereocenters. The average Bonchev–Trinajstić information content (AvgIpc) is 2.84. The van der Waals surface area contributed by atoms with E-state index in [2.05, 4.69) is 4.72 Å². The Morgan fingerprint density at radius 3 is 2.74 bits per heavy atom. The molecule has 1 aromatic heterocycles. The number of rotatable bonds is 6. The Hall–Kier alpha value is -0.630. The minimum atomic E-state index is -3.43. The average molecular weight is 304 g/mol. The Kier molecular flexibility index (Phi) is 5.20. The molecule has 2 rings (SSSR count). The second-order valence-electron chi connectivity index (χ2n) is 4.73. The summed E-state index contributed by atoms with van der Waals surface area (Å²) < 4.78 is 32.2. The van der Waals surface area contributed by atoms with Crippen LogP contribution in [-0.4, -0.2) is 27.7 Å². The first kappa shape index (κ1) is 14.8. The maximum atomic E-state index is 11.9. The number of hydrogen-bond donors (Lipinski definition) is 2. The highest BCUT2D eigenvalue weighted by molar-refractivity contribution is 7.91. The summed E-state index contributed by atoms with van der Waals surface area (Å²) in [5.41, 5.74) is 6.00. The van der Waals surface area contributed by atoms with Gasteiger partial charge >= 0.3 is 0 Å². The molecule has 0 saturated heterocycles. The van der Waals surface area contributed by atoms with Gasteiger partial charge in [-0.1, -0.05) is 19.3 Å². The Bertz CT molecular complexity index is 493. The zero-order valence-electron chi connectivity index (χ0n) is 10.8. The van der Waals surface area contributed by atoms with Crippen LogP contribution in [0.5, 0.6) is 0 Å². The third-order valence-electron chi connectivity index (χ3n) is 3.16. The van der Waals surface area contributed by atoms with Crippen LogP contribution in [0.4, 0.5) is 5.69 Å². The highest BCUT2D eigenvalue weighted by Crippen LogP contribution is 2.21. The number of sulfonamides is 1. The van der Waals surface area contributed by atoms with Crippen molar-refractivity contribution in [2.24, 2.45) is 0 Å². The summed E-state index contributed by atoms with van der Waals surface area (Å²) in [6, 6.07) is 1.47. The van der Waals surface area contributed by atoms with Gasteiger partial charge in [-0.05, 0) is 18.9 Å². The quantitative estimate of drug-likeness (QED) is 0.787. The van der Waals surface area contributed by atoms with E-state index in [-0.39, 0.29) is 4.21 Å². The highest BCUT2D eigenvalue weighted by atomic mass is 32.2. The molecule has 1 aliphatic rings. The van der Waals surface area contributed by atoms with Crippen molar-refractivity contribution in [3.63, 3.8) is 0 Å². The first-order valence-electron chi connectivity index (χ1n) is 6.53. The molecule has 0 aromatic carbocycles. The maximum Gasteiger partial charge on any atom is 0.250 e. The van der Waals surface area contributed by atoms with Crippen LogP contribution in [0.1, 0.15) is 32.1 Å². The first-order valence-corrected chi connectivity index (χ1v) is 8.89. The molecule has 0 amide bonds. The smallest absolute Gasteiger partial charge is 0.250 e. The number of nitrogens with one attached hydrogen (secondary N) is 1. The summed E-state index contributed by atoms with van der Waals surface area (Å²) in [7, 11) is -3.43. The summed E-state index contributed by atoms with van der Waals surface area (Å²) in [5.74, 6) is 0. The summed E-state index contributed by atoms with van der Waals surface area (Å²) in [5, 5.41) is 1.62. The third kappa shape index (κ3) is 4.45. The third-order valence-corrected chi connectivity index (χ3v) is 6.08.